The minimum Gasteiger partial charge on any atom is -0.379 e. The molecule has 0 amide bonds. The maximum Gasteiger partial charge on any atom is 0.0702 e. The Morgan fingerprint density at radius 2 is 2.39 bits per heavy atom. The molecule has 0 radical (unpaired) electrons. The monoisotopic (exact) mass is 256 g/mol. The molecule has 0 aromatic rings. The van der Waals surface area contributed by atoms with Crippen molar-refractivity contribution in [1.82, 2.24) is 10.2 Å². The van der Waals surface area contributed by atoms with E-state index < -0.39 is 0 Å². The Labute approximate surface area is 111 Å². The second kappa shape index (κ2) is 7.43. The Hall–Kier alpha value is -0.160. The Bertz CT molecular complexity index is 230. The van der Waals surface area contributed by atoms with Crippen LogP contribution < -0.4 is 5.32 Å². The molecule has 4 heteroatoms. The summed E-state index contributed by atoms with van der Waals surface area (Å²) >= 11 is 0. The molecular formula is C14H28N2O2. The van der Waals surface area contributed by atoms with Crippen LogP contribution in [0.3, 0.4) is 0 Å². The second-order valence-corrected chi connectivity index (χ2v) is 5.53. The molecule has 2 saturated heterocycles. The van der Waals surface area contributed by atoms with Crippen LogP contribution >= 0.6 is 0 Å². The van der Waals surface area contributed by atoms with E-state index in [-0.39, 0.29) is 0 Å². The third-order valence-electron chi connectivity index (χ3n) is 4.06. The van der Waals surface area contributed by atoms with Crippen molar-refractivity contribution in [2.45, 2.75) is 51.3 Å². The van der Waals surface area contributed by atoms with E-state index in [9.17, 15) is 0 Å². The molecule has 0 aliphatic carbocycles. The van der Waals surface area contributed by atoms with E-state index in [1.165, 1.54) is 25.8 Å². The van der Waals surface area contributed by atoms with E-state index in [0.29, 0.717) is 18.2 Å². The first-order chi connectivity index (χ1) is 8.79. The van der Waals surface area contributed by atoms with Crippen LogP contribution in [0.4, 0.5) is 0 Å². The number of piperidine rings is 1. The summed E-state index contributed by atoms with van der Waals surface area (Å²) in [7, 11) is 0. The molecule has 0 spiro atoms. The highest BCUT2D eigenvalue weighted by Crippen LogP contribution is 2.18. The van der Waals surface area contributed by atoms with Crippen LogP contribution in [-0.2, 0) is 9.47 Å². The summed E-state index contributed by atoms with van der Waals surface area (Å²) in [5.41, 5.74) is 0. The Morgan fingerprint density at radius 3 is 3.11 bits per heavy atom. The van der Waals surface area contributed by atoms with Gasteiger partial charge in [0.1, 0.15) is 0 Å². The summed E-state index contributed by atoms with van der Waals surface area (Å²) in [5.74, 6) is 0. The van der Waals surface area contributed by atoms with Crippen molar-refractivity contribution in [2.24, 2.45) is 0 Å². The summed E-state index contributed by atoms with van der Waals surface area (Å²) in [6.45, 7) is 10.3. The predicted octanol–water partition coefficient (Wildman–Crippen LogP) is 1.25. The van der Waals surface area contributed by atoms with Gasteiger partial charge in [0.2, 0.25) is 0 Å². The first kappa shape index (κ1) is 14.3. The third-order valence-corrected chi connectivity index (χ3v) is 4.06. The molecule has 1 N–H and O–H groups in total. The highest BCUT2D eigenvalue weighted by Gasteiger charge is 2.26. The number of hydrogen-bond acceptors (Lipinski definition) is 4. The summed E-state index contributed by atoms with van der Waals surface area (Å²) in [5, 5.41) is 3.54. The summed E-state index contributed by atoms with van der Waals surface area (Å²) in [6, 6.07) is 1.15. The van der Waals surface area contributed by atoms with Crippen molar-refractivity contribution in [3.63, 3.8) is 0 Å². The van der Waals surface area contributed by atoms with Gasteiger partial charge in [-0.3, -0.25) is 4.90 Å². The van der Waals surface area contributed by atoms with E-state index in [1.54, 1.807) is 0 Å². The maximum absolute atomic E-state index is 5.77. The molecule has 3 unspecified atom stereocenters. The first-order valence-electron chi connectivity index (χ1n) is 7.46. The van der Waals surface area contributed by atoms with Crippen molar-refractivity contribution in [3.8, 4) is 0 Å². The summed E-state index contributed by atoms with van der Waals surface area (Å²) < 4.78 is 11.3. The van der Waals surface area contributed by atoms with Gasteiger partial charge < -0.3 is 14.8 Å². The fourth-order valence-electron chi connectivity index (χ4n) is 3.07. The molecule has 2 aliphatic rings. The van der Waals surface area contributed by atoms with Crippen molar-refractivity contribution in [1.29, 1.82) is 0 Å². The van der Waals surface area contributed by atoms with Gasteiger partial charge in [0.05, 0.1) is 19.3 Å². The van der Waals surface area contributed by atoms with Gasteiger partial charge in [0.15, 0.2) is 0 Å². The lowest BCUT2D eigenvalue weighted by molar-refractivity contribution is -0.0108. The fraction of sp³-hybridized carbons (Fsp3) is 1.00. The number of rotatable bonds is 5. The van der Waals surface area contributed by atoms with E-state index in [0.717, 1.165) is 32.9 Å². The number of hydrogen-bond donors (Lipinski definition) is 1. The van der Waals surface area contributed by atoms with Gasteiger partial charge in [-0.25, -0.2) is 0 Å². The zero-order chi connectivity index (χ0) is 12.8. The highest BCUT2D eigenvalue weighted by molar-refractivity contribution is 4.82. The zero-order valence-electron chi connectivity index (χ0n) is 11.9. The van der Waals surface area contributed by atoms with Crippen molar-refractivity contribution >= 4 is 0 Å². The molecule has 2 fully saturated rings. The molecule has 0 aromatic heterocycles. The quantitative estimate of drug-likeness (QED) is 0.803. The number of morpholine rings is 1. The summed E-state index contributed by atoms with van der Waals surface area (Å²) in [6.07, 6.45) is 4.12. The number of nitrogens with zero attached hydrogens (tertiary/aromatic N) is 1. The second-order valence-electron chi connectivity index (χ2n) is 5.53. The SMILES string of the molecule is CCOC1CCCN(C(C)CC2COCCN2)C1. The molecule has 106 valence electrons. The van der Waals surface area contributed by atoms with Crippen molar-refractivity contribution in [2.75, 3.05) is 39.5 Å². The highest BCUT2D eigenvalue weighted by atomic mass is 16.5. The van der Waals surface area contributed by atoms with E-state index in [4.69, 9.17) is 9.47 Å². The maximum atomic E-state index is 5.77. The standard InChI is InChI=1S/C14H28N2O2/c1-3-18-14-5-4-7-16(10-14)12(2)9-13-11-17-8-6-15-13/h12-15H,3-11H2,1-2H3. The fourth-order valence-corrected chi connectivity index (χ4v) is 3.07. The van der Waals surface area contributed by atoms with E-state index in [1.807, 2.05) is 0 Å². The minimum atomic E-state index is 0.446. The van der Waals surface area contributed by atoms with Crippen LogP contribution in [-0.4, -0.2) is 62.5 Å². The van der Waals surface area contributed by atoms with Gasteiger partial charge >= 0.3 is 0 Å². The lowest BCUT2D eigenvalue weighted by atomic mass is 10.0. The zero-order valence-corrected chi connectivity index (χ0v) is 11.9. The lowest BCUT2D eigenvalue weighted by Gasteiger charge is -2.38. The molecule has 0 aromatic carbocycles. The van der Waals surface area contributed by atoms with Crippen molar-refractivity contribution < 1.29 is 9.47 Å². The van der Waals surface area contributed by atoms with E-state index in [2.05, 4.69) is 24.1 Å². The Kier molecular flexibility index (Phi) is 5.89. The predicted molar refractivity (Wildman–Crippen MR) is 72.9 cm³/mol. The largest absolute Gasteiger partial charge is 0.379 e. The average molecular weight is 256 g/mol. The van der Waals surface area contributed by atoms with Gasteiger partial charge in [-0.2, -0.15) is 0 Å². The molecule has 2 rings (SSSR count). The van der Waals surface area contributed by atoms with Crippen LogP contribution in [0, 0.1) is 0 Å². The lowest BCUT2D eigenvalue weighted by Crippen LogP contribution is -2.49. The van der Waals surface area contributed by atoms with Gasteiger partial charge in [-0.15, -0.1) is 0 Å². The van der Waals surface area contributed by atoms with Crippen molar-refractivity contribution in [3.05, 3.63) is 0 Å². The molecule has 2 heterocycles. The van der Waals surface area contributed by atoms with Crippen LogP contribution in [0.2, 0.25) is 0 Å². The smallest absolute Gasteiger partial charge is 0.0702 e. The van der Waals surface area contributed by atoms with Gasteiger partial charge in [-0.05, 0) is 39.7 Å². The summed E-state index contributed by atoms with van der Waals surface area (Å²) in [4.78, 5) is 2.58. The Balaban J connectivity index is 1.74. The molecule has 0 saturated carbocycles. The van der Waals surface area contributed by atoms with Crippen LogP contribution in [0.15, 0.2) is 0 Å². The van der Waals surface area contributed by atoms with Crippen LogP contribution in [0.25, 0.3) is 0 Å². The third kappa shape index (κ3) is 4.19. The van der Waals surface area contributed by atoms with Gasteiger partial charge in [0.25, 0.3) is 0 Å². The minimum absolute atomic E-state index is 0.446. The number of likely N-dealkylation sites (tertiary alicyclic amines) is 1. The van der Waals surface area contributed by atoms with Gasteiger partial charge in [0, 0.05) is 31.8 Å². The van der Waals surface area contributed by atoms with Crippen LogP contribution in [0.5, 0.6) is 0 Å². The number of ether oxygens (including phenoxy) is 2. The molecule has 3 atom stereocenters. The normalized spacial score (nSPS) is 32.3. The van der Waals surface area contributed by atoms with Crippen LogP contribution in [0.1, 0.15) is 33.1 Å². The van der Waals surface area contributed by atoms with Gasteiger partial charge in [-0.1, -0.05) is 0 Å². The number of nitrogens with one attached hydrogen (secondary N) is 1. The Morgan fingerprint density at radius 1 is 1.50 bits per heavy atom. The molecule has 0 bridgehead atoms. The van der Waals surface area contributed by atoms with E-state index >= 15 is 0 Å². The average Bonchev–Trinajstić information content (AvgIpc) is 2.40. The topological polar surface area (TPSA) is 33.7 Å². The molecular weight excluding hydrogens is 228 g/mol. The molecule has 18 heavy (non-hydrogen) atoms. The first-order valence-corrected chi connectivity index (χ1v) is 7.46. The molecule has 4 nitrogen and oxygen atoms in total. The molecule has 2 aliphatic heterocycles.